The summed E-state index contributed by atoms with van der Waals surface area (Å²) in [5.74, 6) is 1.31. The SMILES string of the molecule is COC(=O)N1CCC(NC(=O)c2ccc(Oc3ccccc3)cc2)CC1. The predicted octanol–water partition coefficient (Wildman–Crippen LogP) is 3.44. The Balaban J connectivity index is 1.51. The van der Waals surface area contributed by atoms with Crippen molar-refractivity contribution < 1.29 is 19.1 Å². The van der Waals surface area contributed by atoms with Gasteiger partial charge < -0.3 is 19.7 Å². The molecule has 3 rings (SSSR count). The lowest BCUT2D eigenvalue weighted by atomic mass is 10.0. The molecule has 1 aliphatic heterocycles. The Bertz CT molecular complexity index is 738. The molecular formula is C20H22N2O4. The molecule has 6 nitrogen and oxygen atoms in total. The fraction of sp³-hybridized carbons (Fsp3) is 0.300. The summed E-state index contributed by atoms with van der Waals surface area (Å²) in [6, 6.07) is 16.6. The summed E-state index contributed by atoms with van der Waals surface area (Å²) in [6.45, 7) is 1.17. The number of carbonyl (C=O) groups excluding carboxylic acids is 2. The van der Waals surface area contributed by atoms with Crippen LogP contribution in [0.25, 0.3) is 0 Å². The molecule has 1 fully saturated rings. The standard InChI is InChI=1S/C20H22N2O4/c1-25-20(24)22-13-11-16(12-14-22)21-19(23)15-7-9-18(10-8-15)26-17-5-3-2-4-6-17/h2-10,16H,11-14H2,1H3,(H,21,23). The first kappa shape index (κ1) is 17.8. The number of rotatable bonds is 4. The smallest absolute Gasteiger partial charge is 0.409 e. The number of nitrogens with zero attached hydrogens (tertiary/aromatic N) is 1. The van der Waals surface area contributed by atoms with Crippen LogP contribution < -0.4 is 10.1 Å². The second-order valence-electron chi connectivity index (χ2n) is 6.14. The monoisotopic (exact) mass is 354 g/mol. The average molecular weight is 354 g/mol. The molecule has 0 spiro atoms. The van der Waals surface area contributed by atoms with E-state index in [1.165, 1.54) is 7.11 Å². The Labute approximate surface area is 152 Å². The van der Waals surface area contributed by atoms with Crippen molar-refractivity contribution in [3.05, 3.63) is 60.2 Å². The molecule has 136 valence electrons. The first-order chi connectivity index (χ1) is 12.7. The van der Waals surface area contributed by atoms with Crippen LogP contribution in [0.5, 0.6) is 11.5 Å². The van der Waals surface area contributed by atoms with Gasteiger partial charge in [0.05, 0.1) is 7.11 Å². The molecule has 0 aromatic heterocycles. The van der Waals surface area contributed by atoms with E-state index in [2.05, 4.69) is 5.32 Å². The van der Waals surface area contributed by atoms with E-state index in [-0.39, 0.29) is 18.0 Å². The van der Waals surface area contributed by atoms with Gasteiger partial charge in [-0.2, -0.15) is 0 Å². The third-order valence-electron chi connectivity index (χ3n) is 4.36. The average Bonchev–Trinajstić information content (AvgIpc) is 2.69. The van der Waals surface area contributed by atoms with Crippen molar-refractivity contribution in [2.75, 3.05) is 20.2 Å². The van der Waals surface area contributed by atoms with Crippen LogP contribution in [0.1, 0.15) is 23.2 Å². The molecule has 0 unspecified atom stereocenters. The van der Waals surface area contributed by atoms with E-state index >= 15 is 0 Å². The molecule has 1 saturated heterocycles. The lowest BCUT2D eigenvalue weighted by Gasteiger charge is -2.31. The summed E-state index contributed by atoms with van der Waals surface area (Å²) in [5.41, 5.74) is 0.584. The van der Waals surface area contributed by atoms with Crippen molar-refractivity contribution in [2.24, 2.45) is 0 Å². The van der Waals surface area contributed by atoms with Gasteiger partial charge in [0.2, 0.25) is 0 Å². The second kappa shape index (κ2) is 8.38. The van der Waals surface area contributed by atoms with Gasteiger partial charge in [-0.3, -0.25) is 4.79 Å². The topological polar surface area (TPSA) is 67.9 Å². The van der Waals surface area contributed by atoms with Crippen molar-refractivity contribution >= 4 is 12.0 Å². The zero-order valence-corrected chi connectivity index (χ0v) is 14.7. The second-order valence-corrected chi connectivity index (χ2v) is 6.14. The summed E-state index contributed by atoms with van der Waals surface area (Å²) in [7, 11) is 1.38. The van der Waals surface area contributed by atoms with Gasteiger partial charge in [0.15, 0.2) is 0 Å². The van der Waals surface area contributed by atoms with Gasteiger partial charge in [-0.05, 0) is 49.2 Å². The minimum absolute atomic E-state index is 0.0589. The van der Waals surface area contributed by atoms with E-state index in [9.17, 15) is 9.59 Å². The molecule has 2 amide bonds. The van der Waals surface area contributed by atoms with Crippen molar-refractivity contribution in [3.8, 4) is 11.5 Å². The zero-order valence-electron chi connectivity index (χ0n) is 14.7. The lowest BCUT2D eigenvalue weighted by Crippen LogP contribution is -2.46. The molecule has 0 saturated carbocycles. The molecule has 0 aliphatic carbocycles. The zero-order chi connectivity index (χ0) is 18.4. The molecular weight excluding hydrogens is 332 g/mol. The maximum absolute atomic E-state index is 12.4. The number of ether oxygens (including phenoxy) is 2. The van der Waals surface area contributed by atoms with Crippen LogP contribution in [0.4, 0.5) is 4.79 Å². The van der Waals surface area contributed by atoms with E-state index in [0.29, 0.717) is 24.4 Å². The normalized spacial score (nSPS) is 14.6. The molecule has 6 heteroatoms. The molecule has 0 bridgehead atoms. The van der Waals surface area contributed by atoms with Crippen LogP contribution in [-0.4, -0.2) is 43.1 Å². The Hall–Kier alpha value is -3.02. The van der Waals surface area contributed by atoms with E-state index < -0.39 is 0 Å². The van der Waals surface area contributed by atoms with E-state index in [1.807, 2.05) is 30.3 Å². The molecule has 26 heavy (non-hydrogen) atoms. The summed E-state index contributed by atoms with van der Waals surface area (Å²) >= 11 is 0. The number of piperidine rings is 1. The third kappa shape index (κ3) is 4.53. The first-order valence-corrected chi connectivity index (χ1v) is 8.62. The Kier molecular flexibility index (Phi) is 5.73. The Morgan fingerprint density at radius 3 is 2.19 bits per heavy atom. The van der Waals surface area contributed by atoms with E-state index in [1.54, 1.807) is 29.2 Å². The van der Waals surface area contributed by atoms with Crippen molar-refractivity contribution in [3.63, 3.8) is 0 Å². The number of methoxy groups -OCH3 is 1. The molecule has 2 aromatic rings. The molecule has 1 aliphatic rings. The summed E-state index contributed by atoms with van der Waals surface area (Å²) < 4.78 is 10.4. The number of carbonyl (C=O) groups is 2. The van der Waals surface area contributed by atoms with Gasteiger partial charge in [-0.25, -0.2) is 4.79 Å². The van der Waals surface area contributed by atoms with Gasteiger partial charge >= 0.3 is 6.09 Å². The minimum atomic E-state index is -0.316. The van der Waals surface area contributed by atoms with Crippen molar-refractivity contribution in [1.82, 2.24) is 10.2 Å². The summed E-state index contributed by atoms with van der Waals surface area (Å²) in [4.78, 5) is 25.5. The number of amides is 2. The molecule has 1 heterocycles. The van der Waals surface area contributed by atoms with Crippen LogP contribution in [0.2, 0.25) is 0 Å². The lowest BCUT2D eigenvalue weighted by molar-refractivity contribution is 0.0892. The molecule has 2 aromatic carbocycles. The third-order valence-corrected chi connectivity index (χ3v) is 4.36. The quantitative estimate of drug-likeness (QED) is 0.913. The van der Waals surface area contributed by atoms with E-state index in [4.69, 9.17) is 9.47 Å². The van der Waals surface area contributed by atoms with Crippen LogP contribution in [0, 0.1) is 0 Å². The van der Waals surface area contributed by atoms with Crippen LogP contribution >= 0.6 is 0 Å². The highest BCUT2D eigenvalue weighted by Gasteiger charge is 2.24. The highest BCUT2D eigenvalue weighted by Crippen LogP contribution is 2.21. The number of hydrogen-bond acceptors (Lipinski definition) is 4. The van der Waals surface area contributed by atoms with Crippen LogP contribution in [0.15, 0.2) is 54.6 Å². The highest BCUT2D eigenvalue weighted by molar-refractivity contribution is 5.94. The maximum atomic E-state index is 12.4. The van der Waals surface area contributed by atoms with Gasteiger partial charge in [-0.1, -0.05) is 18.2 Å². The molecule has 0 atom stereocenters. The largest absolute Gasteiger partial charge is 0.457 e. The van der Waals surface area contributed by atoms with Gasteiger partial charge in [0, 0.05) is 24.7 Å². The Morgan fingerprint density at radius 2 is 1.58 bits per heavy atom. The molecule has 0 radical (unpaired) electrons. The summed E-state index contributed by atoms with van der Waals surface area (Å²) in [5, 5.41) is 3.02. The number of benzene rings is 2. The minimum Gasteiger partial charge on any atom is -0.457 e. The summed E-state index contributed by atoms with van der Waals surface area (Å²) in [6.07, 6.45) is 1.12. The van der Waals surface area contributed by atoms with Gasteiger partial charge in [0.25, 0.3) is 5.91 Å². The molecule has 1 N–H and O–H groups in total. The number of nitrogens with one attached hydrogen (secondary N) is 1. The fourth-order valence-corrected chi connectivity index (χ4v) is 2.90. The van der Waals surface area contributed by atoms with E-state index in [0.717, 1.165) is 18.6 Å². The Morgan fingerprint density at radius 1 is 0.962 bits per heavy atom. The maximum Gasteiger partial charge on any atom is 0.409 e. The van der Waals surface area contributed by atoms with Crippen molar-refractivity contribution in [2.45, 2.75) is 18.9 Å². The number of hydrogen-bond donors (Lipinski definition) is 1. The van der Waals surface area contributed by atoms with Crippen molar-refractivity contribution in [1.29, 1.82) is 0 Å². The number of para-hydroxylation sites is 1. The fourth-order valence-electron chi connectivity index (χ4n) is 2.90. The predicted molar refractivity (Wildman–Crippen MR) is 97.4 cm³/mol. The van der Waals surface area contributed by atoms with Crippen LogP contribution in [-0.2, 0) is 4.74 Å². The van der Waals surface area contributed by atoms with Gasteiger partial charge in [0.1, 0.15) is 11.5 Å². The first-order valence-electron chi connectivity index (χ1n) is 8.62. The highest BCUT2D eigenvalue weighted by atomic mass is 16.5. The number of likely N-dealkylation sites (tertiary alicyclic amines) is 1. The van der Waals surface area contributed by atoms with Gasteiger partial charge in [-0.15, -0.1) is 0 Å². The van der Waals surface area contributed by atoms with Crippen LogP contribution in [0.3, 0.4) is 0 Å².